The lowest BCUT2D eigenvalue weighted by molar-refractivity contribution is -0.0293. The number of hydrogen-bond donors (Lipinski definition) is 1. The van der Waals surface area contributed by atoms with Gasteiger partial charge in [-0.3, -0.25) is 9.69 Å². The summed E-state index contributed by atoms with van der Waals surface area (Å²) in [6.07, 6.45) is 0.0971. The van der Waals surface area contributed by atoms with Gasteiger partial charge in [-0.15, -0.1) is 0 Å². The summed E-state index contributed by atoms with van der Waals surface area (Å²) < 4.78 is 11.1. The van der Waals surface area contributed by atoms with Gasteiger partial charge in [-0.2, -0.15) is 0 Å². The minimum atomic E-state index is -0.106. The van der Waals surface area contributed by atoms with E-state index in [0.717, 1.165) is 19.6 Å². The van der Waals surface area contributed by atoms with Crippen LogP contribution in [0.1, 0.15) is 22.0 Å². The lowest BCUT2D eigenvalue weighted by Gasteiger charge is -2.33. The van der Waals surface area contributed by atoms with E-state index in [-0.39, 0.29) is 12.0 Å². The van der Waals surface area contributed by atoms with Gasteiger partial charge in [-0.05, 0) is 17.7 Å². The molecule has 25 heavy (non-hydrogen) atoms. The van der Waals surface area contributed by atoms with Crippen molar-refractivity contribution in [2.75, 3.05) is 39.9 Å². The van der Waals surface area contributed by atoms with E-state index >= 15 is 0 Å². The SMILES string of the molecule is COc1ccccc1C(=O)NCCN1CCOC(c2ccccc2)C1. The van der Waals surface area contributed by atoms with Crippen molar-refractivity contribution < 1.29 is 14.3 Å². The van der Waals surface area contributed by atoms with Gasteiger partial charge < -0.3 is 14.8 Å². The molecule has 5 heteroatoms. The third-order valence-electron chi connectivity index (χ3n) is 4.39. The van der Waals surface area contributed by atoms with Gasteiger partial charge in [0.15, 0.2) is 0 Å². The number of carbonyl (C=O) groups is 1. The average Bonchev–Trinajstić information content (AvgIpc) is 2.69. The van der Waals surface area contributed by atoms with E-state index in [0.29, 0.717) is 24.5 Å². The Kier molecular flexibility index (Phi) is 6.04. The molecule has 1 fully saturated rings. The summed E-state index contributed by atoms with van der Waals surface area (Å²) in [6.45, 7) is 3.83. The standard InChI is InChI=1S/C20H24N2O3/c1-24-18-10-6-5-9-17(18)20(23)21-11-12-22-13-14-25-19(15-22)16-7-3-2-4-8-16/h2-10,19H,11-15H2,1H3,(H,21,23). The van der Waals surface area contributed by atoms with E-state index in [1.54, 1.807) is 19.2 Å². The van der Waals surface area contributed by atoms with Crippen LogP contribution in [0.2, 0.25) is 0 Å². The molecule has 5 nitrogen and oxygen atoms in total. The van der Waals surface area contributed by atoms with Gasteiger partial charge in [-0.1, -0.05) is 42.5 Å². The number of ether oxygens (including phenoxy) is 2. The van der Waals surface area contributed by atoms with Crippen molar-refractivity contribution in [3.05, 3.63) is 65.7 Å². The van der Waals surface area contributed by atoms with Crippen LogP contribution >= 0.6 is 0 Å². The van der Waals surface area contributed by atoms with Crippen LogP contribution in [0.3, 0.4) is 0 Å². The summed E-state index contributed by atoms with van der Waals surface area (Å²) in [5.41, 5.74) is 1.76. The maximum atomic E-state index is 12.3. The van der Waals surface area contributed by atoms with Crippen LogP contribution in [0.5, 0.6) is 5.75 Å². The van der Waals surface area contributed by atoms with E-state index < -0.39 is 0 Å². The Labute approximate surface area is 148 Å². The van der Waals surface area contributed by atoms with Crippen molar-refractivity contribution in [3.8, 4) is 5.75 Å². The quantitative estimate of drug-likeness (QED) is 0.878. The summed E-state index contributed by atoms with van der Waals surface area (Å²) >= 11 is 0. The van der Waals surface area contributed by atoms with Gasteiger partial charge in [0, 0.05) is 26.2 Å². The van der Waals surface area contributed by atoms with E-state index in [1.165, 1.54) is 5.56 Å². The fraction of sp³-hybridized carbons (Fsp3) is 0.350. The highest BCUT2D eigenvalue weighted by atomic mass is 16.5. The molecule has 3 rings (SSSR count). The summed E-state index contributed by atoms with van der Waals surface area (Å²) in [5, 5.41) is 2.97. The van der Waals surface area contributed by atoms with Crippen LogP contribution in [-0.2, 0) is 4.74 Å². The second kappa shape index (κ2) is 8.65. The fourth-order valence-electron chi connectivity index (χ4n) is 3.03. The summed E-state index contributed by atoms with van der Waals surface area (Å²) in [7, 11) is 1.57. The van der Waals surface area contributed by atoms with Crippen molar-refractivity contribution >= 4 is 5.91 Å². The lowest BCUT2D eigenvalue weighted by Crippen LogP contribution is -2.42. The third-order valence-corrected chi connectivity index (χ3v) is 4.39. The number of rotatable bonds is 6. The van der Waals surface area contributed by atoms with Crippen LogP contribution in [0, 0.1) is 0 Å². The number of nitrogens with one attached hydrogen (secondary N) is 1. The smallest absolute Gasteiger partial charge is 0.255 e. The number of morpholine rings is 1. The van der Waals surface area contributed by atoms with Gasteiger partial charge >= 0.3 is 0 Å². The van der Waals surface area contributed by atoms with Gasteiger partial charge in [0.25, 0.3) is 5.91 Å². The molecule has 1 heterocycles. The summed E-state index contributed by atoms with van der Waals surface area (Å²) in [6, 6.07) is 17.5. The van der Waals surface area contributed by atoms with Crippen molar-refractivity contribution in [1.29, 1.82) is 0 Å². The highest BCUT2D eigenvalue weighted by molar-refractivity contribution is 5.96. The van der Waals surface area contributed by atoms with Crippen LogP contribution in [0.15, 0.2) is 54.6 Å². The zero-order chi connectivity index (χ0) is 17.5. The Bertz CT molecular complexity index is 690. The first-order valence-corrected chi connectivity index (χ1v) is 8.58. The number of benzene rings is 2. The molecular weight excluding hydrogens is 316 g/mol. The van der Waals surface area contributed by atoms with Crippen LogP contribution in [0.4, 0.5) is 0 Å². The van der Waals surface area contributed by atoms with Gasteiger partial charge in [0.1, 0.15) is 5.75 Å². The summed E-state index contributed by atoms with van der Waals surface area (Å²) in [4.78, 5) is 14.6. The molecule has 1 aliphatic heterocycles. The van der Waals surface area contributed by atoms with E-state index in [2.05, 4.69) is 22.3 Å². The predicted molar refractivity (Wildman–Crippen MR) is 96.9 cm³/mol. The molecular formula is C20H24N2O3. The van der Waals surface area contributed by atoms with Crippen molar-refractivity contribution in [1.82, 2.24) is 10.2 Å². The largest absolute Gasteiger partial charge is 0.496 e. The molecule has 1 aliphatic rings. The van der Waals surface area contributed by atoms with Crippen LogP contribution in [0.25, 0.3) is 0 Å². The third kappa shape index (κ3) is 4.59. The second-order valence-electron chi connectivity index (χ2n) is 6.03. The molecule has 0 bridgehead atoms. The molecule has 1 unspecified atom stereocenters. The molecule has 1 saturated heterocycles. The Hall–Kier alpha value is -2.37. The van der Waals surface area contributed by atoms with Gasteiger partial charge in [-0.25, -0.2) is 0 Å². The zero-order valence-corrected chi connectivity index (χ0v) is 14.5. The minimum Gasteiger partial charge on any atom is -0.496 e. The first-order valence-electron chi connectivity index (χ1n) is 8.58. The normalized spacial score (nSPS) is 17.9. The monoisotopic (exact) mass is 340 g/mol. The second-order valence-corrected chi connectivity index (χ2v) is 6.03. The van der Waals surface area contributed by atoms with E-state index in [4.69, 9.17) is 9.47 Å². The minimum absolute atomic E-state index is 0.0971. The highest BCUT2D eigenvalue weighted by Gasteiger charge is 2.21. The Morgan fingerprint density at radius 2 is 1.96 bits per heavy atom. The molecule has 1 atom stereocenters. The maximum absolute atomic E-state index is 12.3. The first-order chi connectivity index (χ1) is 12.3. The van der Waals surface area contributed by atoms with Gasteiger partial charge in [0.05, 0.1) is 25.4 Å². The Balaban J connectivity index is 1.49. The van der Waals surface area contributed by atoms with Crippen molar-refractivity contribution in [2.24, 2.45) is 0 Å². The first kappa shape index (κ1) is 17.5. The van der Waals surface area contributed by atoms with Crippen LogP contribution in [-0.4, -0.2) is 50.7 Å². The maximum Gasteiger partial charge on any atom is 0.255 e. The fourth-order valence-corrected chi connectivity index (χ4v) is 3.03. The molecule has 0 spiro atoms. The van der Waals surface area contributed by atoms with Crippen molar-refractivity contribution in [2.45, 2.75) is 6.10 Å². The molecule has 0 aromatic heterocycles. The molecule has 0 saturated carbocycles. The molecule has 0 radical (unpaired) electrons. The Morgan fingerprint density at radius 1 is 1.20 bits per heavy atom. The lowest BCUT2D eigenvalue weighted by atomic mass is 10.1. The molecule has 0 aliphatic carbocycles. The Morgan fingerprint density at radius 3 is 2.76 bits per heavy atom. The molecule has 1 N–H and O–H groups in total. The number of methoxy groups -OCH3 is 1. The number of nitrogens with zero attached hydrogens (tertiary/aromatic N) is 1. The number of para-hydroxylation sites is 1. The highest BCUT2D eigenvalue weighted by Crippen LogP contribution is 2.21. The summed E-state index contributed by atoms with van der Waals surface area (Å²) in [5.74, 6) is 0.487. The zero-order valence-electron chi connectivity index (χ0n) is 14.5. The van der Waals surface area contributed by atoms with Crippen molar-refractivity contribution in [3.63, 3.8) is 0 Å². The molecule has 1 amide bonds. The van der Waals surface area contributed by atoms with Crippen LogP contribution < -0.4 is 10.1 Å². The average molecular weight is 340 g/mol. The number of hydrogen-bond acceptors (Lipinski definition) is 4. The van der Waals surface area contributed by atoms with E-state index in [1.807, 2.05) is 30.3 Å². The topological polar surface area (TPSA) is 50.8 Å². The van der Waals surface area contributed by atoms with Gasteiger partial charge in [0.2, 0.25) is 0 Å². The number of carbonyl (C=O) groups excluding carboxylic acids is 1. The number of amides is 1. The predicted octanol–water partition coefficient (Wildman–Crippen LogP) is 2.50. The van der Waals surface area contributed by atoms with E-state index in [9.17, 15) is 4.79 Å². The molecule has 2 aromatic rings. The molecule has 132 valence electrons. The molecule has 2 aromatic carbocycles.